The molecule has 0 fully saturated rings. The first-order valence-electron chi connectivity index (χ1n) is 5.75. The van der Waals surface area contributed by atoms with E-state index in [-0.39, 0.29) is 5.92 Å². The maximum Gasteiger partial charge on any atom is 0.0950 e. The zero-order chi connectivity index (χ0) is 12.1. The molecule has 0 spiro atoms. The molecule has 0 aliphatic rings. The Kier molecular flexibility index (Phi) is 4.52. The van der Waals surface area contributed by atoms with Crippen LogP contribution in [0.2, 0.25) is 0 Å². The highest BCUT2D eigenvalue weighted by atomic mass is 16.3. The van der Waals surface area contributed by atoms with Crippen molar-refractivity contribution >= 4 is 0 Å². The summed E-state index contributed by atoms with van der Waals surface area (Å²) in [5, 5.41) is 19.2. The van der Waals surface area contributed by atoms with Crippen LogP contribution in [0, 0.1) is 31.1 Å². The molecule has 2 heteroatoms. The minimum absolute atomic E-state index is 0.300. The van der Waals surface area contributed by atoms with E-state index in [0.29, 0.717) is 0 Å². The Morgan fingerprint density at radius 1 is 1.38 bits per heavy atom. The maximum atomic E-state index is 10.2. The second-order valence-corrected chi connectivity index (χ2v) is 4.26. The van der Waals surface area contributed by atoms with Crippen molar-refractivity contribution in [1.29, 1.82) is 5.26 Å². The number of nitriles is 1. The molecule has 16 heavy (non-hydrogen) atoms. The lowest BCUT2D eigenvalue weighted by Gasteiger charge is -2.19. The topological polar surface area (TPSA) is 44.0 Å². The number of aryl methyl sites for hydroxylation is 1. The predicted octanol–water partition coefficient (Wildman–Crippen LogP) is 3.28. The second-order valence-electron chi connectivity index (χ2n) is 4.26. The summed E-state index contributed by atoms with van der Waals surface area (Å²) < 4.78 is 0. The fourth-order valence-corrected chi connectivity index (χ4v) is 1.91. The van der Waals surface area contributed by atoms with E-state index < -0.39 is 6.10 Å². The predicted molar refractivity (Wildman–Crippen MR) is 64.9 cm³/mol. The third kappa shape index (κ3) is 2.62. The van der Waals surface area contributed by atoms with Gasteiger partial charge in [0.2, 0.25) is 0 Å². The third-order valence-corrected chi connectivity index (χ3v) is 3.11. The first-order chi connectivity index (χ1) is 7.61. The fourth-order valence-electron chi connectivity index (χ4n) is 1.91. The van der Waals surface area contributed by atoms with Crippen LogP contribution in [-0.4, -0.2) is 5.11 Å². The van der Waals surface area contributed by atoms with Crippen LogP contribution in [0.15, 0.2) is 18.2 Å². The van der Waals surface area contributed by atoms with E-state index in [2.05, 4.69) is 6.07 Å². The van der Waals surface area contributed by atoms with Gasteiger partial charge >= 0.3 is 0 Å². The summed E-state index contributed by atoms with van der Waals surface area (Å²) in [5.74, 6) is -0.300. The van der Waals surface area contributed by atoms with Gasteiger partial charge in [-0.05, 0) is 37.0 Å². The Hall–Kier alpha value is -1.33. The number of nitrogens with zero attached hydrogens (tertiary/aromatic N) is 1. The zero-order valence-corrected chi connectivity index (χ0v) is 10.2. The molecule has 0 saturated heterocycles. The van der Waals surface area contributed by atoms with Crippen molar-refractivity contribution in [1.82, 2.24) is 0 Å². The third-order valence-electron chi connectivity index (χ3n) is 3.11. The Morgan fingerprint density at radius 2 is 2.06 bits per heavy atom. The summed E-state index contributed by atoms with van der Waals surface area (Å²) in [6.07, 6.45) is 0.996. The highest BCUT2D eigenvalue weighted by molar-refractivity contribution is 5.35. The summed E-state index contributed by atoms with van der Waals surface area (Å²) >= 11 is 0. The summed E-state index contributed by atoms with van der Waals surface area (Å²) in [6.45, 7) is 6.04. The molecule has 1 rings (SSSR count). The molecule has 0 aliphatic carbocycles. The molecular weight excluding hydrogens is 198 g/mol. The first-order valence-corrected chi connectivity index (χ1v) is 5.75. The van der Waals surface area contributed by atoms with Gasteiger partial charge in [-0.25, -0.2) is 0 Å². The van der Waals surface area contributed by atoms with Gasteiger partial charge in [-0.15, -0.1) is 0 Å². The smallest absolute Gasteiger partial charge is 0.0950 e. The van der Waals surface area contributed by atoms with Crippen molar-refractivity contribution in [3.05, 3.63) is 34.9 Å². The number of aliphatic hydroxyl groups excluding tert-OH is 1. The van der Waals surface area contributed by atoms with Crippen molar-refractivity contribution < 1.29 is 5.11 Å². The van der Waals surface area contributed by atoms with Gasteiger partial charge in [0.15, 0.2) is 0 Å². The lowest BCUT2D eigenvalue weighted by Crippen LogP contribution is -2.12. The van der Waals surface area contributed by atoms with E-state index in [4.69, 9.17) is 5.26 Å². The first kappa shape index (κ1) is 12.7. The van der Waals surface area contributed by atoms with E-state index in [1.54, 1.807) is 0 Å². The van der Waals surface area contributed by atoms with Crippen LogP contribution in [0.5, 0.6) is 0 Å². The second kappa shape index (κ2) is 5.67. The van der Waals surface area contributed by atoms with E-state index in [1.165, 1.54) is 0 Å². The van der Waals surface area contributed by atoms with Gasteiger partial charge in [-0.1, -0.05) is 31.5 Å². The number of benzene rings is 1. The van der Waals surface area contributed by atoms with Gasteiger partial charge in [0, 0.05) is 0 Å². The summed E-state index contributed by atoms with van der Waals surface area (Å²) in [5.41, 5.74) is 3.14. The van der Waals surface area contributed by atoms with Crippen LogP contribution in [-0.2, 0) is 0 Å². The molecule has 1 N–H and O–H groups in total. The molecule has 0 bridgehead atoms. The fraction of sp³-hybridized carbons (Fsp3) is 0.500. The Labute approximate surface area is 97.5 Å². The van der Waals surface area contributed by atoms with E-state index in [0.717, 1.165) is 29.5 Å². The van der Waals surface area contributed by atoms with Gasteiger partial charge in [-0.3, -0.25) is 0 Å². The molecule has 2 unspecified atom stereocenters. The van der Waals surface area contributed by atoms with Crippen molar-refractivity contribution in [3.63, 3.8) is 0 Å². The molecular formula is C14H19NO. The SMILES string of the molecule is CCCC(C#N)C(O)c1cccc(C)c1C. The number of hydrogen-bond acceptors (Lipinski definition) is 2. The van der Waals surface area contributed by atoms with Gasteiger partial charge in [0.05, 0.1) is 18.1 Å². The van der Waals surface area contributed by atoms with Crippen LogP contribution in [0.1, 0.15) is 42.6 Å². The Bertz CT molecular complexity index is 392. The Morgan fingerprint density at radius 3 is 2.62 bits per heavy atom. The standard InChI is InChI=1S/C14H19NO/c1-4-6-12(9-15)14(16)13-8-5-7-10(2)11(13)3/h5,7-8,12,14,16H,4,6H2,1-3H3. The molecule has 86 valence electrons. The summed E-state index contributed by atoms with van der Waals surface area (Å²) in [4.78, 5) is 0. The molecule has 0 saturated carbocycles. The van der Waals surface area contributed by atoms with Crippen molar-refractivity contribution in [3.8, 4) is 6.07 Å². The quantitative estimate of drug-likeness (QED) is 0.841. The van der Waals surface area contributed by atoms with Crippen LogP contribution in [0.4, 0.5) is 0 Å². The number of rotatable bonds is 4. The van der Waals surface area contributed by atoms with Crippen molar-refractivity contribution in [2.75, 3.05) is 0 Å². The molecule has 1 aromatic carbocycles. The average Bonchev–Trinajstić information content (AvgIpc) is 2.29. The van der Waals surface area contributed by atoms with Crippen LogP contribution in [0.25, 0.3) is 0 Å². The lowest BCUT2D eigenvalue weighted by atomic mass is 9.89. The van der Waals surface area contributed by atoms with Crippen molar-refractivity contribution in [2.45, 2.75) is 39.7 Å². The molecule has 0 aromatic heterocycles. The van der Waals surface area contributed by atoms with Gasteiger partial charge in [-0.2, -0.15) is 5.26 Å². The number of aliphatic hydroxyl groups is 1. The molecule has 0 aliphatic heterocycles. The Balaban J connectivity index is 3.00. The lowest BCUT2D eigenvalue weighted by molar-refractivity contribution is 0.129. The minimum Gasteiger partial charge on any atom is -0.387 e. The summed E-state index contributed by atoms with van der Waals surface area (Å²) in [6, 6.07) is 8.06. The van der Waals surface area contributed by atoms with E-state index in [9.17, 15) is 5.11 Å². The maximum absolute atomic E-state index is 10.2. The highest BCUT2D eigenvalue weighted by Crippen LogP contribution is 2.28. The highest BCUT2D eigenvalue weighted by Gasteiger charge is 2.21. The molecule has 0 amide bonds. The van der Waals surface area contributed by atoms with Crippen molar-refractivity contribution in [2.24, 2.45) is 5.92 Å². The van der Waals surface area contributed by atoms with Gasteiger partial charge < -0.3 is 5.11 Å². The normalized spacial score (nSPS) is 14.2. The summed E-state index contributed by atoms with van der Waals surface area (Å²) in [7, 11) is 0. The van der Waals surface area contributed by atoms with Crippen LogP contribution in [0.3, 0.4) is 0 Å². The van der Waals surface area contributed by atoms with E-state index in [1.807, 2.05) is 39.0 Å². The monoisotopic (exact) mass is 217 g/mol. The zero-order valence-electron chi connectivity index (χ0n) is 10.2. The van der Waals surface area contributed by atoms with E-state index >= 15 is 0 Å². The van der Waals surface area contributed by atoms with Gasteiger partial charge in [0.1, 0.15) is 0 Å². The van der Waals surface area contributed by atoms with Crippen LogP contribution >= 0.6 is 0 Å². The molecule has 1 aromatic rings. The minimum atomic E-state index is -0.662. The molecule has 0 radical (unpaired) electrons. The average molecular weight is 217 g/mol. The largest absolute Gasteiger partial charge is 0.387 e. The molecule has 0 heterocycles. The van der Waals surface area contributed by atoms with Crippen LogP contribution < -0.4 is 0 Å². The molecule has 2 nitrogen and oxygen atoms in total. The molecule has 2 atom stereocenters. The van der Waals surface area contributed by atoms with Gasteiger partial charge in [0.25, 0.3) is 0 Å². The number of hydrogen-bond donors (Lipinski definition) is 1.